The number of nitrogens with zero attached hydrogens (tertiary/aromatic N) is 1. The zero-order chi connectivity index (χ0) is 13.2. The zero-order valence-electron chi connectivity index (χ0n) is 9.71. The summed E-state index contributed by atoms with van der Waals surface area (Å²) in [5, 5.41) is 2.88. The van der Waals surface area contributed by atoms with E-state index in [1.807, 2.05) is 12.3 Å². The molecule has 98 valence electrons. The molecule has 0 radical (unpaired) electrons. The number of hydrogen-bond acceptors (Lipinski definition) is 6. The molecule has 0 bridgehead atoms. The highest BCUT2D eigenvalue weighted by Crippen LogP contribution is 2.31. The minimum atomic E-state index is -3.44. The standard InChI is InChI=1S/C10H13N3O2S3/c1-7-13-8(6-16-7)9-2-3-10(17-9)18(14,15)12-5-4-11/h2-3,6,12H,4-5,11H2,1H3. The molecular formula is C10H13N3O2S3. The Morgan fingerprint density at radius 1 is 1.44 bits per heavy atom. The Kier molecular flexibility index (Phi) is 4.13. The summed E-state index contributed by atoms with van der Waals surface area (Å²) in [6.07, 6.45) is 0. The first-order valence-electron chi connectivity index (χ1n) is 5.25. The molecule has 2 heterocycles. The van der Waals surface area contributed by atoms with E-state index in [2.05, 4.69) is 9.71 Å². The number of sulfonamides is 1. The second-order valence-corrected chi connectivity index (χ2v) is 7.70. The summed E-state index contributed by atoms with van der Waals surface area (Å²) in [6, 6.07) is 3.36. The fourth-order valence-corrected chi connectivity index (χ4v) is 4.39. The van der Waals surface area contributed by atoms with Crippen LogP contribution in [0.3, 0.4) is 0 Å². The van der Waals surface area contributed by atoms with Gasteiger partial charge in [0.1, 0.15) is 4.21 Å². The Morgan fingerprint density at radius 3 is 2.83 bits per heavy atom. The maximum absolute atomic E-state index is 11.9. The van der Waals surface area contributed by atoms with Crippen LogP contribution in [0.15, 0.2) is 21.7 Å². The van der Waals surface area contributed by atoms with E-state index in [4.69, 9.17) is 5.73 Å². The van der Waals surface area contributed by atoms with Gasteiger partial charge in [-0.15, -0.1) is 22.7 Å². The van der Waals surface area contributed by atoms with Crippen molar-refractivity contribution in [1.29, 1.82) is 0 Å². The van der Waals surface area contributed by atoms with Gasteiger partial charge in [0.15, 0.2) is 0 Å². The molecule has 0 aromatic carbocycles. The molecule has 3 N–H and O–H groups in total. The first-order valence-corrected chi connectivity index (χ1v) is 8.43. The van der Waals surface area contributed by atoms with Crippen molar-refractivity contribution in [3.05, 3.63) is 22.5 Å². The maximum atomic E-state index is 11.9. The van der Waals surface area contributed by atoms with Crippen LogP contribution in [0, 0.1) is 6.92 Å². The molecule has 0 unspecified atom stereocenters. The predicted molar refractivity (Wildman–Crippen MR) is 74.4 cm³/mol. The Labute approximate surface area is 114 Å². The lowest BCUT2D eigenvalue weighted by Crippen LogP contribution is -2.28. The normalized spacial score (nSPS) is 11.9. The van der Waals surface area contributed by atoms with Gasteiger partial charge in [-0.25, -0.2) is 18.1 Å². The minimum Gasteiger partial charge on any atom is -0.329 e. The largest absolute Gasteiger partial charge is 0.329 e. The third-order valence-corrected chi connectivity index (χ3v) is 5.99. The second-order valence-electron chi connectivity index (χ2n) is 3.56. The number of aromatic nitrogens is 1. The van der Waals surface area contributed by atoms with Gasteiger partial charge in [0, 0.05) is 18.5 Å². The number of rotatable bonds is 5. The molecule has 2 aromatic rings. The SMILES string of the molecule is Cc1nc(-c2ccc(S(=O)(=O)NCCN)s2)cs1. The number of hydrogen-bond donors (Lipinski definition) is 2. The number of nitrogens with one attached hydrogen (secondary N) is 1. The summed E-state index contributed by atoms with van der Waals surface area (Å²) in [5.41, 5.74) is 6.10. The maximum Gasteiger partial charge on any atom is 0.250 e. The molecule has 5 nitrogen and oxygen atoms in total. The molecule has 0 aliphatic rings. The molecule has 0 saturated carbocycles. The summed E-state index contributed by atoms with van der Waals surface area (Å²) in [4.78, 5) is 5.19. The highest BCUT2D eigenvalue weighted by molar-refractivity contribution is 7.91. The van der Waals surface area contributed by atoms with Crippen molar-refractivity contribution in [2.45, 2.75) is 11.1 Å². The summed E-state index contributed by atoms with van der Waals surface area (Å²) in [6.45, 7) is 2.44. The number of thiazole rings is 1. The minimum absolute atomic E-state index is 0.241. The van der Waals surface area contributed by atoms with Crippen molar-refractivity contribution >= 4 is 32.7 Å². The fourth-order valence-electron chi connectivity index (χ4n) is 1.34. The first-order chi connectivity index (χ1) is 8.53. The van der Waals surface area contributed by atoms with Gasteiger partial charge in [-0.05, 0) is 19.1 Å². The summed E-state index contributed by atoms with van der Waals surface area (Å²) in [7, 11) is -3.44. The topological polar surface area (TPSA) is 85.1 Å². The molecular weight excluding hydrogens is 290 g/mol. The van der Waals surface area contributed by atoms with Crippen molar-refractivity contribution in [3.63, 3.8) is 0 Å². The van der Waals surface area contributed by atoms with Crippen molar-refractivity contribution in [1.82, 2.24) is 9.71 Å². The molecule has 2 rings (SSSR count). The van der Waals surface area contributed by atoms with Crippen LogP contribution in [0.5, 0.6) is 0 Å². The molecule has 0 atom stereocenters. The van der Waals surface area contributed by atoms with E-state index < -0.39 is 10.0 Å². The van der Waals surface area contributed by atoms with Crippen molar-refractivity contribution in [2.24, 2.45) is 5.73 Å². The lowest BCUT2D eigenvalue weighted by Gasteiger charge is -2.01. The summed E-state index contributed by atoms with van der Waals surface area (Å²) >= 11 is 2.75. The van der Waals surface area contributed by atoms with Crippen LogP contribution in [0.1, 0.15) is 5.01 Å². The fraction of sp³-hybridized carbons (Fsp3) is 0.300. The monoisotopic (exact) mass is 303 g/mol. The average Bonchev–Trinajstić information content (AvgIpc) is 2.94. The molecule has 18 heavy (non-hydrogen) atoms. The quantitative estimate of drug-likeness (QED) is 0.874. The van der Waals surface area contributed by atoms with E-state index in [1.165, 1.54) is 11.3 Å². The molecule has 0 saturated heterocycles. The van der Waals surface area contributed by atoms with Gasteiger partial charge < -0.3 is 5.73 Å². The molecule has 0 aliphatic carbocycles. The van der Waals surface area contributed by atoms with E-state index in [0.717, 1.165) is 15.6 Å². The number of nitrogens with two attached hydrogens (primary N) is 1. The predicted octanol–water partition coefficient (Wildman–Crippen LogP) is 1.42. The van der Waals surface area contributed by atoms with Gasteiger partial charge in [-0.1, -0.05) is 0 Å². The molecule has 0 fully saturated rings. The Hall–Kier alpha value is -0.800. The Bertz CT molecular complexity index is 630. The third kappa shape index (κ3) is 2.96. The Balaban J connectivity index is 2.25. The van der Waals surface area contributed by atoms with Crippen molar-refractivity contribution < 1.29 is 8.42 Å². The van der Waals surface area contributed by atoms with Gasteiger partial charge >= 0.3 is 0 Å². The lowest BCUT2D eigenvalue weighted by molar-refractivity contribution is 0.584. The van der Waals surface area contributed by atoms with Gasteiger partial charge in [0.25, 0.3) is 0 Å². The molecule has 0 spiro atoms. The highest BCUT2D eigenvalue weighted by atomic mass is 32.2. The first kappa shape index (κ1) is 13.6. The van der Waals surface area contributed by atoms with Crippen molar-refractivity contribution in [2.75, 3.05) is 13.1 Å². The van der Waals surface area contributed by atoms with Crippen LogP contribution >= 0.6 is 22.7 Å². The van der Waals surface area contributed by atoms with E-state index in [0.29, 0.717) is 0 Å². The zero-order valence-corrected chi connectivity index (χ0v) is 12.2. The summed E-state index contributed by atoms with van der Waals surface area (Å²) < 4.78 is 26.5. The second kappa shape index (κ2) is 5.45. The van der Waals surface area contributed by atoms with E-state index >= 15 is 0 Å². The number of aryl methyl sites for hydroxylation is 1. The van der Waals surface area contributed by atoms with E-state index in [9.17, 15) is 8.42 Å². The van der Waals surface area contributed by atoms with Crippen LogP contribution in [0.2, 0.25) is 0 Å². The van der Waals surface area contributed by atoms with Crippen LogP contribution in [0.25, 0.3) is 10.6 Å². The molecule has 0 amide bonds. The molecule has 8 heteroatoms. The highest BCUT2D eigenvalue weighted by Gasteiger charge is 2.17. The molecule has 2 aromatic heterocycles. The summed E-state index contributed by atoms with van der Waals surface area (Å²) in [5.74, 6) is 0. The van der Waals surface area contributed by atoms with Gasteiger partial charge in [0.2, 0.25) is 10.0 Å². The van der Waals surface area contributed by atoms with E-state index in [-0.39, 0.29) is 17.3 Å². The average molecular weight is 303 g/mol. The van der Waals surface area contributed by atoms with Crippen LogP contribution in [-0.4, -0.2) is 26.5 Å². The van der Waals surface area contributed by atoms with Gasteiger partial charge in [0.05, 0.1) is 15.6 Å². The van der Waals surface area contributed by atoms with Gasteiger partial charge in [-0.3, -0.25) is 0 Å². The number of thiophene rings is 1. The lowest BCUT2D eigenvalue weighted by atomic mass is 10.4. The van der Waals surface area contributed by atoms with Gasteiger partial charge in [-0.2, -0.15) is 0 Å². The van der Waals surface area contributed by atoms with Crippen LogP contribution in [0.4, 0.5) is 0 Å². The smallest absolute Gasteiger partial charge is 0.250 e. The van der Waals surface area contributed by atoms with E-state index in [1.54, 1.807) is 23.5 Å². The Morgan fingerprint density at radius 2 is 2.22 bits per heavy atom. The van der Waals surface area contributed by atoms with Crippen molar-refractivity contribution in [3.8, 4) is 10.6 Å². The van der Waals surface area contributed by atoms with Crippen LogP contribution < -0.4 is 10.5 Å². The third-order valence-electron chi connectivity index (χ3n) is 2.15. The van der Waals surface area contributed by atoms with Crippen LogP contribution in [-0.2, 0) is 10.0 Å². The molecule has 0 aliphatic heterocycles.